The standard InChI is InChI=1S/C13H18N2O/c1-9-5-6-11-12(8-9)16-13(15-11)10(2)4-3-7-14/h5-6,8,10H,3-4,7,14H2,1-2H3. The Labute approximate surface area is 95.7 Å². The normalized spacial score (nSPS) is 13.2. The van der Waals surface area contributed by atoms with Gasteiger partial charge in [0.25, 0.3) is 0 Å². The molecular formula is C13H18N2O. The van der Waals surface area contributed by atoms with Gasteiger partial charge in [-0.3, -0.25) is 0 Å². The fourth-order valence-electron chi connectivity index (χ4n) is 1.81. The fourth-order valence-corrected chi connectivity index (χ4v) is 1.81. The summed E-state index contributed by atoms with van der Waals surface area (Å²) in [5, 5.41) is 0. The molecule has 86 valence electrons. The second-order valence-corrected chi connectivity index (χ2v) is 4.36. The number of oxazole rings is 1. The van der Waals surface area contributed by atoms with Gasteiger partial charge in [0.1, 0.15) is 5.52 Å². The van der Waals surface area contributed by atoms with Crippen molar-refractivity contribution >= 4 is 11.1 Å². The largest absolute Gasteiger partial charge is 0.440 e. The summed E-state index contributed by atoms with van der Waals surface area (Å²) >= 11 is 0. The highest BCUT2D eigenvalue weighted by atomic mass is 16.3. The van der Waals surface area contributed by atoms with Gasteiger partial charge in [-0.2, -0.15) is 0 Å². The third-order valence-electron chi connectivity index (χ3n) is 2.82. The molecule has 2 rings (SSSR count). The van der Waals surface area contributed by atoms with E-state index >= 15 is 0 Å². The number of rotatable bonds is 4. The van der Waals surface area contributed by atoms with Gasteiger partial charge in [-0.1, -0.05) is 13.0 Å². The number of hydrogen-bond donors (Lipinski definition) is 1. The highest BCUT2D eigenvalue weighted by molar-refractivity contribution is 5.73. The summed E-state index contributed by atoms with van der Waals surface area (Å²) in [7, 11) is 0. The summed E-state index contributed by atoms with van der Waals surface area (Å²) in [6.45, 7) is 4.91. The van der Waals surface area contributed by atoms with Crippen LogP contribution in [-0.2, 0) is 0 Å². The zero-order chi connectivity index (χ0) is 11.5. The van der Waals surface area contributed by atoms with Crippen LogP contribution in [0.15, 0.2) is 22.6 Å². The lowest BCUT2D eigenvalue weighted by atomic mass is 10.1. The monoisotopic (exact) mass is 218 g/mol. The number of aromatic nitrogens is 1. The van der Waals surface area contributed by atoms with Crippen molar-refractivity contribution in [3.8, 4) is 0 Å². The Kier molecular flexibility index (Phi) is 3.25. The Morgan fingerprint density at radius 1 is 1.44 bits per heavy atom. The molecule has 1 atom stereocenters. The minimum Gasteiger partial charge on any atom is -0.440 e. The molecule has 2 N–H and O–H groups in total. The SMILES string of the molecule is Cc1ccc2nc(C(C)CCCN)oc2c1. The van der Waals surface area contributed by atoms with Crippen molar-refractivity contribution in [3.63, 3.8) is 0 Å². The molecule has 0 bridgehead atoms. The molecular weight excluding hydrogens is 200 g/mol. The van der Waals surface area contributed by atoms with Gasteiger partial charge in [-0.25, -0.2) is 4.98 Å². The number of benzene rings is 1. The molecule has 1 heterocycles. The second-order valence-electron chi connectivity index (χ2n) is 4.36. The fraction of sp³-hybridized carbons (Fsp3) is 0.462. The van der Waals surface area contributed by atoms with Crippen molar-refractivity contribution in [2.24, 2.45) is 5.73 Å². The number of nitrogens with two attached hydrogens (primary N) is 1. The predicted molar refractivity (Wildman–Crippen MR) is 65.4 cm³/mol. The van der Waals surface area contributed by atoms with E-state index in [9.17, 15) is 0 Å². The highest BCUT2D eigenvalue weighted by Gasteiger charge is 2.12. The molecule has 3 nitrogen and oxygen atoms in total. The van der Waals surface area contributed by atoms with E-state index in [4.69, 9.17) is 10.2 Å². The lowest BCUT2D eigenvalue weighted by molar-refractivity contribution is 0.464. The molecule has 0 aliphatic carbocycles. The minimum atomic E-state index is 0.344. The minimum absolute atomic E-state index is 0.344. The summed E-state index contributed by atoms with van der Waals surface area (Å²) in [6, 6.07) is 6.09. The van der Waals surface area contributed by atoms with E-state index < -0.39 is 0 Å². The Morgan fingerprint density at radius 3 is 3.00 bits per heavy atom. The Hall–Kier alpha value is -1.35. The molecule has 1 aromatic heterocycles. The first-order chi connectivity index (χ1) is 7.70. The van der Waals surface area contributed by atoms with Crippen LogP contribution in [0, 0.1) is 6.92 Å². The van der Waals surface area contributed by atoms with Gasteiger partial charge in [0.2, 0.25) is 0 Å². The van der Waals surface area contributed by atoms with Gasteiger partial charge in [0.05, 0.1) is 0 Å². The predicted octanol–water partition coefficient (Wildman–Crippen LogP) is 2.98. The van der Waals surface area contributed by atoms with Crippen LogP contribution < -0.4 is 5.73 Å². The molecule has 0 spiro atoms. The summed E-state index contributed by atoms with van der Waals surface area (Å²) in [6.07, 6.45) is 2.04. The van der Waals surface area contributed by atoms with E-state index in [0.29, 0.717) is 5.92 Å². The van der Waals surface area contributed by atoms with Crippen LogP contribution in [0.25, 0.3) is 11.1 Å². The molecule has 0 radical (unpaired) electrons. The van der Waals surface area contributed by atoms with Crippen LogP contribution in [-0.4, -0.2) is 11.5 Å². The van der Waals surface area contributed by atoms with E-state index in [1.54, 1.807) is 0 Å². The molecule has 0 saturated carbocycles. The summed E-state index contributed by atoms with van der Waals surface area (Å²) < 4.78 is 5.76. The summed E-state index contributed by atoms with van der Waals surface area (Å²) in [4.78, 5) is 4.50. The van der Waals surface area contributed by atoms with Gasteiger partial charge < -0.3 is 10.2 Å². The molecule has 0 aliphatic rings. The molecule has 16 heavy (non-hydrogen) atoms. The quantitative estimate of drug-likeness (QED) is 0.858. The van der Waals surface area contributed by atoms with Crippen molar-refractivity contribution in [1.82, 2.24) is 4.98 Å². The lowest BCUT2D eigenvalue weighted by Crippen LogP contribution is -2.01. The van der Waals surface area contributed by atoms with Crippen molar-refractivity contribution in [1.29, 1.82) is 0 Å². The summed E-state index contributed by atoms with van der Waals surface area (Å²) in [5.41, 5.74) is 8.53. The average Bonchev–Trinajstić information content (AvgIpc) is 2.68. The van der Waals surface area contributed by atoms with E-state index in [-0.39, 0.29) is 0 Å². The first-order valence-electron chi connectivity index (χ1n) is 5.78. The Morgan fingerprint density at radius 2 is 2.25 bits per heavy atom. The molecule has 3 heteroatoms. The van der Waals surface area contributed by atoms with Crippen LogP contribution in [0.2, 0.25) is 0 Å². The third kappa shape index (κ3) is 2.25. The lowest BCUT2D eigenvalue weighted by Gasteiger charge is -2.04. The van der Waals surface area contributed by atoms with Gasteiger partial charge in [-0.15, -0.1) is 0 Å². The Balaban J connectivity index is 2.25. The van der Waals surface area contributed by atoms with Crippen molar-refractivity contribution in [2.45, 2.75) is 32.6 Å². The van der Waals surface area contributed by atoms with Crippen LogP contribution in [0.4, 0.5) is 0 Å². The van der Waals surface area contributed by atoms with E-state index in [2.05, 4.69) is 24.9 Å². The van der Waals surface area contributed by atoms with Gasteiger partial charge >= 0.3 is 0 Å². The zero-order valence-corrected chi connectivity index (χ0v) is 9.86. The molecule has 1 unspecified atom stereocenters. The van der Waals surface area contributed by atoms with E-state index in [1.807, 2.05) is 12.1 Å². The maximum atomic E-state index is 5.76. The molecule has 0 amide bonds. The number of aryl methyl sites for hydroxylation is 1. The second kappa shape index (κ2) is 4.66. The first-order valence-corrected chi connectivity index (χ1v) is 5.78. The molecule has 2 aromatic rings. The molecule has 0 aliphatic heterocycles. The number of nitrogens with zero attached hydrogens (tertiary/aromatic N) is 1. The first kappa shape index (κ1) is 11.1. The highest BCUT2D eigenvalue weighted by Crippen LogP contribution is 2.24. The van der Waals surface area contributed by atoms with Crippen LogP contribution in [0.5, 0.6) is 0 Å². The van der Waals surface area contributed by atoms with Crippen molar-refractivity contribution < 1.29 is 4.42 Å². The van der Waals surface area contributed by atoms with E-state index in [1.165, 1.54) is 5.56 Å². The van der Waals surface area contributed by atoms with Crippen molar-refractivity contribution in [2.75, 3.05) is 6.54 Å². The van der Waals surface area contributed by atoms with Crippen LogP contribution in [0.1, 0.15) is 37.1 Å². The molecule has 0 saturated heterocycles. The topological polar surface area (TPSA) is 52.0 Å². The number of fused-ring (bicyclic) bond motifs is 1. The van der Waals surface area contributed by atoms with Crippen LogP contribution >= 0.6 is 0 Å². The van der Waals surface area contributed by atoms with E-state index in [0.717, 1.165) is 36.4 Å². The average molecular weight is 218 g/mol. The smallest absolute Gasteiger partial charge is 0.198 e. The van der Waals surface area contributed by atoms with Crippen LogP contribution in [0.3, 0.4) is 0 Å². The zero-order valence-electron chi connectivity index (χ0n) is 9.86. The Bertz CT molecular complexity index is 476. The van der Waals surface area contributed by atoms with Gasteiger partial charge in [0, 0.05) is 5.92 Å². The van der Waals surface area contributed by atoms with Crippen molar-refractivity contribution in [3.05, 3.63) is 29.7 Å². The maximum absolute atomic E-state index is 5.76. The maximum Gasteiger partial charge on any atom is 0.198 e. The van der Waals surface area contributed by atoms with Gasteiger partial charge in [0.15, 0.2) is 11.5 Å². The summed E-state index contributed by atoms with van der Waals surface area (Å²) in [5.74, 6) is 1.17. The third-order valence-corrected chi connectivity index (χ3v) is 2.82. The molecule has 0 fully saturated rings. The van der Waals surface area contributed by atoms with Gasteiger partial charge in [-0.05, 0) is 44.0 Å². The number of hydrogen-bond acceptors (Lipinski definition) is 3. The molecule has 1 aromatic carbocycles.